The summed E-state index contributed by atoms with van der Waals surface area (Å²) in [6, 6.07) is 5.45. The van der Waals surface area contributed by atoms with E-state index in [-0.39, 0.29) is 24.5 Å². The highest BCUT2D eigenvalue weighted by Gasteiger charge is 2.37. The Hall–Kier alpha value is -4.31. The fraction of sp³-hybridized carbons (Fsp3) is 0.355. The largest absolute Gasteiger partial charge is 0.489 e. The Kier molecular flexibility index (Phi) is 6.97. The molecule has 1 fully saturated rings. The van der Waals surface area contributed by atoms with Gasteiger partial charge in [-0.25, -0.2) is 14.3 Å². The molecule has 1 amide bonds. The van der Waals surface area contributed by atoms with Crippen molar-refractivity contribution in [1.82, 2.24) is 29.4 Å². The first-order chi connectivity index (χ1) is 20.1. The maximum absolute atomic E-state index is 14.1. The number of carbonyl (C=O) groups excluding carboxylic acids is 1. The molecule has 6 heterocycles. The van der Waals surface area contributed by atoms with Crippen molar-refractivity contribution >= 4 is 34.4 Å². The lowest BCUT2D eigenvalue weighted by Gasteiger charge is -2.40. The quantitative estimate of drug-likeness (QED) is 0.322. The lowest BCUT2D eigenvalue weighted by molar-refractivity contribution is -0.126. The molecule has 0 spiro atoms. The van der Waals surface area contributed by atoms with Crippen LogP contribution in [0, 0.1) is 20.8 Å². The number of aryl methyl sites for hydroxylation is 3. The SMILES string of the molecule is C=CC(=O)N1CCN2c3nc(=O)n(-c4c(C)ccnc4C(C)C)c4nc(-c5cc(C)nc(C)c5)c(Cl)c(c34)OC[C@@H]2C1. The van der Waals surface area contributed by atoms with Gasteiger partial charge in [0.2, 0.25) is 5.91 Å². The summed E-state index contributed by atoms with van der Waals surface area (Å²) in [5, 5.41) is 0.876. The van der Waals surface area contributed by atoms with Gasteiger partial charge in [-0.05, 0) is 56.5 Å². The van der Waals surface area contributed by atoms with Crippen LogP contribution in [0.15, 0.2) is 41.8 Å². The predicted octanol–water partition coefficient (Wildman–Crippen LogP) is 4.54. The first-order valence-corrected chi connectivity index (χ1v) is 14.3. The first-order valence-electron chi connectivity index (χ1n) is 14.0. The van der Waals surface area contributed by atoms with E-state index in [1.165, 1.54) is 6.08 Å². The molecule has 4 aromatic heterocycles. The zero-order valence-electron chi connectivity index (χ0n) is 24.3. The Morgan fingerprint density at radius 2 is 1.88 bits per heavy atom. The van der Waals surface area contributed by atoms with Crippen molar-refractivity contribution in [3.05, 3.63) is 75.2 Å². The molecule has 0 radical (unpaired) electrons. The van der Waals surface area contributed by atoms with E-state index in [2.05, 4.69) is 21.5 Å². The highest BCUT2D eigenvalue weighted by Crippen LogP contribution is 2.45. The maximum Gasteiger partial charge on any atom is 0.355 e. The number of rotatable bonds is 4. The third-order valence-corrected chi connectivity index (χ3v) is 8.20. The van der Waals surface area contributed by atoms with Crippen molar-refractivity contribution in [2.45, 2.75) is 46.6 Å². The molecule has 2 aliphatic rings. The van der Waals surface area contributed by atoms with Gasteiger partial charge in [0.25, 0.3) is 0 Å². The first kappa shape index (κ1) is 27.8. The second-order valence-corrected chi connectivity index (χ2v) is 11.5. The Morgan fingerprint density at radius 1 is 1.14 bits per heavy atom. The molecular formula is C31H32ClN7O3. The molecule has 2 aliphatic heterocycles. The summed E-state index contributed by atoms with van der Waals surface area (Å²) < 4.78 is 8.02. The van der Waals surface area contributed by atoms with Gasteiger partial charge < -0.3 is 14.5 Å². The van der Waals surface area contributed by atoms with E-state index in [0.717, 1.165) is 28.2 Å². The summed E-state index contributed by atoms with van der Waals surface area (Å²) in [5.41, 5.74) is 5.06. The number of nitrogens with zero attached hydrogens (tertiary/aromatic N) is 7. The summed E-state index contributed by atoms with van der Waals surface area (Å²) in [7, 11) is 0. The average molecular weight is 586 g/mol. The fourth-order valence-electron chi connectivity index (χ4n) is 5.96. The van der Waals surface area contributed by atoms with Crippen LogP contribution >= 0.6 is 11.6 Å². The van der Waals surface area contributed by atoms with Crippen molar-refractivity contribution in [3.8, 4) is 22.7 Å². The maximum atomic E-state index is 14.1. The van der Waals surface area contributed by atoms with Gasteiger partial charge in [-0.15, -0.1) is 0 Å². The number of piperazine rings is 1. The van der Waals surface area contributed by atoms with Crippen LogP contribution in [0.1, 0.15) is 42.4 Å². The van der Waals surface area contributed by atoms with Crippen LogP contribution in [-0.2, 0) is 4.79 Å². The normalized spacial score (nSPS) is 16.3. The Balaban J connectivity index is 1.70. The third-order valence-electron chi connectivity index (χ3n) is 7.84. The number of anilines is 1. The lowest BCUT2D eigenvalue weighted by atomic mass is 10.0. The van der Waals surface area contributed by atoms with E-state index in [4.69, 9.17) is 21.3 Å². The predicted molar refractivity (Wildman–Crippen MR) is 163 cm³/mol. The Bertz CT molecular complexity index is 1810. The molecule has 6 rings (SSSR count). The highest BCUT2D eigenvalue weighted by atomic mass is 35.5. The summed E-state index contributed by atoms with van der Waals surface area (Å²) >= 11 is 7.12. The van der Waals surface area contributed by atoms with Crippen LogP contribution in [0.2, 0.25) is 5.02 Å². The van der Waals surface area contributed by atoms with Crippen LogP contribution in [-0.4, -0.2) is 67.6 Å². The number of pyridine rings is 3. The molecular weight excluding hydrogens is 554 g/mol. The average Bonchev–Trinajstić information content (AvgIpc) is 3.11. The molecule has 0 aromatic carbocycles. The van der Waals surface area contributed by atoms with Gasteiger partial charge in [0, 0.05) is 42.8 Å². The summed E-state index contributed by atoms with van der Waals surface area (Å²) in [6.45, 7) is 15.0. The van der Waals surface area contributed by atoms with E-state index in [1.54, 1.807) is 15.7 Å². The van der Waals surface area contributed by atoms with Gasteiger partial charge in [0.1, 0.15) is 22.8 Å². The fourth-order valence-corrected chi connectivity index (χ4v) is 6.26. The van der Waals surface area contributed by atoms with Crippen LogP contribution in [0.25, 0.3) is 28.0 Å². The van der Waals surface area contributed by atoms with Gasteiger partial charge in [0.15, 0.2) is 11.4 Å². The minimum absolute atomic E-state index is 0.0325. The molecule has 0 saturated carbocycles. The lowest BCUT2D eigenvalue weighted by Crippen LogP contribution is -2.56. The van der Waals surface area contributed by atoms with Crippen molar-refractivity contribution in [1.29, 1.82) is 0 Å². The third kappa shape index (κ3) is 4.50. The Labute approximate surface area is 248 Å². The molecule has 1 atom stereocenters. The van der Waals surface area contributed by atoms with Crippen LogP contribution in [0.4, 0.5) is 5.82 Å². The molecule has 11 heteroatoms. The van der Waals surface area contributed by atoms with E-state index in [9.17, 15) is 9.59 Å². The number of aromatic nitrogens is 5. The number of hydrogen-bond donors (Lipinski definition) is 0. The number of amides is 1. The molecule has 216 valence electrons. The number of carbonyl (C=O) groups is 1. The molecule has 10 nitrogen and oxygen atoms in total. The van der Waals surface area contributed by atoms with Crippen molar-refractivity contribution in [3.63, 3.8) is 0 Å². The number of ether oxygens (including phenoxy) is 1. The van der Waals surface area contributed by atoms with Crippen molar-refractivity contribution in [2.75, 3.05) is 31.1 Å². The number of hydrogen-bond acceptors (Lipinski definition) is 8. The van der Waals surface area contributed by atoms with Crippen LogP contribution in [0.5, 0.6) is 5.75 Å². The molecule has 1 saturated heterocycles. The summed E-state index contributed by atoms with van der Waals surface area (Å²) in [4.78, 5) is 49.2. The van der Waals surface area contributed by atoms with Crippen molar-refractivity contribution in [2.24, 2.45) is 0 Å². The van der Waals surface area contributed by atoms with E-state index in [0.29, 0.717) is 58.6 Å². The van der Waals surface area contributed by atoms with Crippen molar-refractivity contribution < 1.29 is 9.53 Å². The van der Waals surface area contributed by atoms with E-state index >= 15 is 0 Å². The molecule has 0 aliphatic carbocycles. The second-order valence-electron chi connectivity index (χ2n) is 11.2. The minimum Gasteiger partial charge on any atom is -0.489 e. The minimum atomic E-state index is -0.477. The summed E-state index contributed by atoms with van der Waals surface area (Å²) in [6.07, 6.45) is 3.06. The van der Waals surface area contributed by atoms with Gasteiger partial charge >= 0.3 is 5.69 Å². The smallest absolute Gasteiger partial charge is 0.355 e. The zero-order valence-corrected chi connectivity index (χ0v) is 25.1. The molecule has 0 N–H and O–H groups in total. The second kappa shape index (κ2) is 10.5. The van der Waals surface area contributed by atoms with Gasteiger partial charge in [-0.3, -0.25) is 14.8 Å². The standard InChI is InChI=1S/C31H32ClN7O3/c1-7-22(40)37-10-11-38-21(14-37)15-42-28-23-29(38)36-31(41)39(27-17(4)8-9-33-25(27)16(2)3)30(23)35-26(24(28)32)20-12-18(5)34-19(6)13-20/h7-9,12-13,16,21H,1,10-11,14-15H2,2-6H3/t21-/m0/s1. The molecule has 0 unspecified atom stereocenters. The van der Waals surface area contributed by atoms with E-state index < -0.39 is 5.69 Å². The Morgan fingerprint density at radius 3 is 2.57 bits per heavy atom. The number of halogens is 1. The monoisotopic (exact) mass is 585 g/mol. The molecule has 4 aromatic rings. The molecule has 0 bridgehead atoms. The topological polar surface area (TPSA) is 106 Å². The van der Waals surface area contributed by atoms with Gasteiger partial charge in [-0.1, -0.05) is 32.0 Å². The van der Waals surface area contributed by atoms with Gasteiger partial charge in [0.05, 0.1) is 23.1 Å². The number of fused-ring (bicyclic) bond motifs is 2. The van der Waals surface area contributed by atoms with E-state index in [1.807, 2.05) is 57.7 Å². The molecule has 42 heavy (non-hydrogen) atoms. The van der Waals surface area contributed by atoms with Crippen LogP contribution < -0.4 is 15.3 Å². The van der Waals surface area contributed by atoms with Gasteiger partial charge in [-0.2, -0.15) is 4.98 Å². The zero-order chi connectivity index (χ0) is 29.9. The highest BCUT2D eigenvalue weighted by molar-refractivity contribution is 6.36. The summed E-state index contributed by atoms with van der Waals surface area (Å²) in [5.74, 6) is 0.738. The van der Waals surface area contributed by atoms with Crippen LogP contribution in [0.3, 0.4) is 0 Å².